The quantitative estimate of drug-likeness (QED) is 0.282. The average molecular weight is 545 g/mol. The molecule has 0 aliphatic heterocycles. The molecule has 0 aliphatic carbocycles. The predicted octanol–water partition coefficient (Wildman–Crippen LogP) is 3.38. The number of hydrogen-bond donors (Lipinski definition) is 1. The Labute approximate surface area is 219 Å². The minimum absolute atomic E-state index is 0.176. The first kappa shape index (κ1) is 26.5. The van der Waals surface area contributed by atoms with Crippen LogP contribution in [0.25, 0.3) is 17.1 Å². The first-order valence-electron chi connectivity index (χ1n) is 11.1. The fraction of sp³-hybridized carbons (Fsp3) is 0.250. The lowest BCUT2D eigenvalue weighted by molar-refractivity contribution is 0.0731. The van der Waals surface area contributed by atoms with Gasteiger partial charge >= 0.3 is 0 Å². The minimum Gasteiger partial charge on any atom is -0.494 e. The molecule has 11 nitrogen and oxygen atoms in total. The normalized spacial score (nSPS) is 12.3. The van der Waals surface area contributed by atoms with Gasteiger partial charge in [-0.25, -0.2) is 8.42 Å². The number of sulfonamides is 1. The van der Waals surface area contributed by atoms with Gasteiger partial charge < -0.3 is 9.47 Å². The van der Waals surface area contributed by atoms with E-state index in [4.69, 9.17) is 25.9 Å². The Bertz CT molecular complexity index is 1430. The van der Waals surface area contributed by atoms with Crippen molar-refractivity contribution in [2.45, 2.75) is 25.2 Å². The van der Waals surface area contributed by atoms with Gasteiger partial charge in [0.25, 0.3) is 0 Å². The van der Waals surface area contributed by atoms with Crippen LogP contribution in [0.4, 0.5) is 0 Å². The zero-order valence-electron chi connectivity index (χ0n) is 20.3. The van der Waals surface area contributed by atoms with Gasteiger partial charge in [0.15, 0.2) is 11.6 Å². The second-order valence-corrected chi connectivity index (χ2v) is 10.4. The molecule has 0 saturated carbocycles. The second-order valence-electron chi connectivity index (χ2n) is 7.93. The van der Waals surface area contributed by atoms with Crippen molar-refractivity contribution >= 4 is 21.6 Å². The van der Waals surface area contributed by atoms with Crippen LogP contribution >= 0.6 is 11.6 Å². The lowest BCUT2D eigenvalue weighted by atomic mass is 10.2. The van der Waals surface area contributed by atoms with Crippen LogP contribution in [0.15, 0.2) is 61.1 Å². The van der Waals surface area contributed by atoms with Crippen molar-refractivity contribution in [1.29, 1.82) is 0 Å². The van der Waals surface area contributed by atoms with Crippen molar-refractivity contribution in [3.8, 4) is 28.6 Å². The first-order valence-corrected chi connectivity index (χ1v) is 13.1. The summed E-state index contributed by atoms with van der Waals surface area (Å²) in [4.78, 5) is 15.9. The lowest BCUT2D eigenvalue weighted by Gasteiger charge is -2.17. The minimum atomic E-state index is -3.85. The summed E-state index contributed by atoms with van der Waals surface area (Å²) in [5.41, 5.74) is 1.80. The first-order chi connectivity index (χ1) is 17.8. The van der Waals surface area contributed by atoms with Gasteiger partial charge in [-0.1, -0.05) is 22.6 Å². The Hall–Kier alpha value is -3.58. The third kappa shape index (κ3) is 6.05. The molecule has 0 fully saturated rings. The summed E-state index contributed by atoms with van der Waals surface area (Å²) >= 11 is 5.86. The molecule has 1 atom stereocenters. The Morgan fingerprint density at radius 1 is 1.03 bits per heavy atom. The van der Waals surface area contributed by atoms with Gasteiger partial charge in [0.05, 0.1) is 24.5 Å². The van der Waals surface area contributed by atoms with E-state index >= 15 is 0 Å². The topological polar surface area (TPSA) is 130 Å². The number of para-hydroxylation sites is 1. The van der Waals surface area contributed by atoms with Crippen LogP contribution < -0.4 is 14.4 Å². The number of hydrogen-bond acceptors (Lipinski definition) is 9. The average Bonchev–Trinajstić information content (AvgIpc) is 3.33. The molecule has 4 aromatic rings. The van der Waals surface area contributed by atoms with E-state index in [-0.39, 0.29) is 13.0 Å². The summed E-state index contributed by atoms with van der Waals surface area (Å²) in [7, 11) is -0.779. The molecule has 4 rings (SSSR count). The molecule has 194 valence electrons. The van der Waals surface area contributed by atoms with Crippen molar-refractivity contribution in [1.82, 2.24) is 29.6 Å². The Morgan fingerprint density at radius 2 is 1.78 bits per heavy atom. The van der Waals surface area contributed by atoms with Crippen molar-refractivity contribution in [2.75, 3.05) is 14.2 Å². The number of halogens is 1. The number of nitrogens with one attached hydrogen (secondary N) is 1. The number of ether oxygens (including phenoxy) is 2. The van der Waals surface area contributed by atoms with E-state index in [2.05, 4.69) is 25.1 Å². The molecule has 0 aliphatic rings. The van der Waals surface area contributed by atoms with E-state index in [9.17, 15) is 8.42 Å². The largest absolute Gasteiger partial charge is 0.494 e. The maximum Gasteiger partial charge on any atom is 0.236 e. The third-order valence-corrected chi connectivity index (χ3v) is 7.27. The molecule has 0 bridgehead atoms. The number of benzene rings is 1. The van der Waals surface area contributed by atoms with Crippen LogP contribution in [0.2, 0.25) is 5.02 Å². The molecule has 0 amide bonds. The molecule has 37 heavy (non-hydrogen) atoms. The SMILES string of the molecule is COc1cccc(OC)c1-n1c(CONS(=O)(=O)[C@@H](C)Cc2ccc(Cl)cn2)nnc1-c1cccnc1. The van der Waals surface area contributed by atoms with E-state index < -0.39 is 15.3 Å². The molecule has 13 heteroatoms. The Kier molecular flexibility index (Phi) is 8.34. The zero-order valence-corrected chi connectivity index (χ0v) is 21.9. The molecule has 1 N–H and O–H groups in total. The highest BCUT2D eigenvalue weighted by atomic mass is 35.5. The summed E-state index contributed by atoms with van der Waals surface area (Å²) in [5.74, 6) is 1.74. The summed E-state index contributed by atoms with van der Waals surface area (Å²) < 4.78 is 38.4. The van der Waals surface area contributed by atoms with E-state index in [1.54, 1.807) is 60.3 Å². The standard InChI is InChI=1S/C24H25ClN6O5S/c1-16(12-19-10-9-18(25)14-27-19)37(32,33)30-36-15-22-28-29-24(17-6-5-11-26-13-17)31(22)23-20(34-2)7-4-8-21(23)35-3/h4-11,13-14,16,30H,12,15H2,1-3H3/t16-/m0/s1. The van der Waals surface area contributed by atoms with Gasteiger partial charge in [0.2, 0.25) is 10.0 Å². The van der Waals surface area contributed by atoms with Crippen LogP contribution in [0.1, 0.15) is 18.4 Å². The maximum atomic E-state index is 12.8. The maximum absolute atomic E-state index is 12.8. The van der Waals surface area contributed by atoms with Gasteiger partial charge in [-0.2, -0.15) is 0 Å². The molecule has 0 unspecified atom stereocenters. The third-order valence-electron chi connectivity index (χ3n) is 5.47. The van der Waals surface area contributed by atoms with E-state index in [0.29, 0.717) is 45.1 Å². The molecule has 1 aromatic carbocycles. The van der Waals surface area contributed by atoms with Crippen LogP contribution in [0.3, 0.4) is 0 Å². The molecule has 0 radical (unpaired) electrons. The van der Waals surface area contributed by atoms with Crippen molar-refractivity contribution < 1.29 is 22.7 Å². The van der Waals surface area contributed by atoms with Crippen molar-refractivity contribution in [2.24, 2.45) is 0 Å². The smallest absolute Gasteiger partial charge is 0.236 e. The zero-order chi connectivity index (χ0) is 26.4. The van der Waals surface area contributed by atoms with E-state index in [0.717, 1.165) is 0 Å². The van der Waals surface area contributed by atoms with Crippen molar-refractivity contribution in [3.63, 3.8) is 0 Å². The van der Waals surface area contributed by atoms with Gasteiger partial charge in [0, 0.05) is 36.3 Å². The highest BCUT2D eigenvalue weighted by molar-refractivity contribution is 7.89. The van der Waals surface area contributed by atoms with Gasteiger partial charge in [-0.3, -0.25) is 19.4 Å². The summed E-state index contributed by atoms with van der Waals surface area (Å²) in [6, 6.07) is 12.3. The molecule has 0 spiro atoms. The monoisotopic (exact) mass is 544 g/mol. The number of methoxy groups -OCH3 is 2. The lowest BCUT2D eigenvalue weighted by Crippen LogP contribution is -2.34. The number of rotatable bonds is 11. The van der Waals surface area contributed by atoms with Crippen molar-refractivity contribution in [3.05, 3.63) is 77.6 Å². The van der Waals surface area contributed by atoms with Gasteiger partial charge in [0.1, 0.15) is 23.8 Å². The number of aromatic nitrogens is 5. The Morgan fingerprint density at radius 3 is 2.41 bits per heavy atom. The number of pyridine rings is 2. The molecule has 3 aromatic heterocycles. The molecular weight excluding hydrogens is 520 g/mol. The summed E-state index contributed by atoms with van der Waals surface area (Å²) in [6.07, 6.45) is 4.93. The number of nitrogens with zero attached hydrogens (tertiary/aromatic N) is 5. The molecule has 0 saturated heterocycles. The molecule has 3 heterocycles. The Balaban J connectivity index is 1.60. The highest BCUT2D eigenvalue weighted by Crippen LogP contribution is 2.36. The van der Waals surface area contributed by atoms with E-state index in [1.165, 1.54) is 20.4 Å². The molecular formula is C24H25ClN6O5S. The van der Waals surface area contributed by atoms with E-state index in [1.807, 2.05) is 6.07 Å². The van der Waals surface area contributed by atoms with Crippen LogP contribution in [0.5, 0.6) is 11.5 Å². The fourth-order valence-electron chi connectivity index (χ4n) is 3.57. The summed E-state index contributed by atoms with van der Waals surface area (Å²) in [5, 5.41) is 8.22. The van der Waals surface area contributed by atoms with Gasteiger partial charge in [-0.15, -0.1) is 10.2 Å². The van der Waals surface area contributed by atoms with Gasteiger partial charge in [-0.05, 0) is 43.3 Å². The second kappa shape index (κ2) is 11.6. The van der Waals surface area contributed by atoms with Crippen LogP contribution in [-0.4, -0.2) is 52.6 Å². The van der Waals surface area contributed by atoms with Crippen LogP contribution in [-0.2, 0) is 27.9 Å². The fourth-order valence-corrected chi connectivity index (χ4v) is 4.46. The van der Waals surface area contributed by atoms with Crippen LogP contribution in [0, 0.1) is 0 Å². The summed E-state index contributed by atoms with van der Waals surface area (Å²) in [6.45, 7) is 1.32. The highest BCUT2D eigenvalue weighted by Gasteiger charge is 2.25. The predicted molar refractivity (Wildman–Crippen MR) is 137 cm³/mol.